The van der Waals surface area contributed by atoms with Gasteiger partial charge in [0.1, 0.15) is 5.82 Å². The summed E-state index contributed by atoms with van der Waals surface area (Å²) in [7, 11) is -3.69. The van der Waals surface area contributed by atoms with Gasteiger partial charge < -0.3 is 0 Å². The van der Waals surface area contributed by atoms with Gasteiger partial charge in [-0.05, 0) is 48.7 Å². The normalized spacial score (nSPS) is 19.8. The van der Waals surface area contributed by atoms with Crippen molar-refractivity contribution in [3.05, 3.63) is 64.9 Å². The van der Waals surface area contributed by atoms with Crippen LogP contribution in [0.2, 0.25) is 5.02 Å². The van der Waals surface area contributed by atoms with E-state index in [2.05, 4.69) is 0 Å². The van der Waals surface area contributed by atoms with Gasteiger partial charge in [0.25, 0.3) is 0 Å². The minimum Gasteiger partial charge on any atom is -0.207 e. The average Bonchev–Trinajstić information content (AvgIpc) is 2.81. The molecule has 2 aromatic rings. The fourth-order valence-electron chi connectivity index (χ4n) is 3.18. The van der Waals surface area contributed by atoms with Crippen molar-refractivity contribution in [2.75, 3.05) is 6.54 Å². The summed E-state index contributed by atoms with van der Waals surface area (Å²) in [6.07, 6.45) is 3.37. The van der Waals surface area contributed by atoms with Gasteiger partial charge in [0, 0.05) is 11.6 Å². The standard InChI is InChI=1S/C18H19ClFNO2S/c19-15-7-5-9-17(13-15)24(22,23)21-11-3-1-2-10-18(21)14-6-4-8-16(20)12-14/h4-9,12-13,18H,1-3,10-11H2/t18-/m0/s1. The highest BCUT2D eigenvalue weighted by molar-refractivity contribution is 7.89. The van der Waals surface area contributed by atoms with Crippen LogP contribution in [-0.2, 0) is 10.0 Å². The Bertz CT molecular complexity index is 825. The maximum atomic E-state index is 13.6. The van der Waals surface area contributed by atoms with Gasteiger partial charge in [-0.15, -0.1) is 0 Å². The molecule has 6 heteroatoms. The number of halogens is 2. The third kappa shape index (κ3) is 3.63. The van der Waals surface area contributed by atoms with E-state index in [0.29, 0.717) is 23.6 Å². The fourth-order valence-corrected chi connectivity index (χ4v) is 5.16. The molecule has 0 radical (unpaired) electrons. The molecule has 128 valence electrons. The quantitative estimate of drug-likeness (QED) is 0.782. The minimum atomic E-state index is -3.69. The molecule has 1 aliphatic rings. The SMILES string of the molecule is O=S(=O)(c1cccc(Cl)c1)N1CCCCC[C@H]1c1cccc(F)c1. The predicted molar refractivity (Wildman–Crippen MR) is 93.0 cm³/mol. The number of nitrogens with zero attached hydrogens (tertiary/aromatic N) is 1. The molecule has 0 saturated carbocycles. The summed E-state index contributed by atoms with van der Waals surface area (Å²) >= 11 is 5.96. The lowest BCUT2D eigenvalue weighted by Gasteiger charge is -2.29. The molecule has 1 atom stereocenters. The van der Waals surface area contributed by atoms with Crippen LogP contribution in [0.4, 0.5) is 4.39 Å². The van der Waals surface area contributed by atoms with E-state index in [4.69, 9.17) is 11.6 Å². The number of hydrogen-bond donors (Lipinski definition) is 0. The van der Waals surface area contributed by atoms with Crippen LogP contribution in [0.15, 0.2) is 53.4 Å². The first-order valence-electron chi connectivity index (χ1n) is 8.01. The second-order valence-corrected chi connectivity index (χ2v) is 8.32. The van der Waals surface area contributed by atoms with Crippen LogP contribution < -0.4 is 0 Å². The molecule has 1 heterocycles. The monoisotopic (exact) mass is 367 g/mol. The number of sulfonamides is 1. The fraction of sp³-hybridized carbons (Fsp3) is 0.333. The van der Waals surface area contributed by atoms with E-state index < -0.39 is 10.0 Å². The Hall–Kier alpha value is -1.43. The largest absolute Gasteiger partial charge is 0.243 e. The van der Waals surface area contributed by atoms with Gasteiger partial charge >= 0.3 is 0 Å². The first-order chi connectivity index (χ1) is 11.5. The highest BCUT2D eigenvalue weighted by Gasteiger charge is 2.33. The van der Waals surface area contributed by atoms with Crippen molar-refractivity contribution in [1.82, 2.24) is 4.31 Å². The van der Waals surface area contributed by atoms with Crippen LogP contribution in [-0.4, -0.2) is 19.3 Å². The van der Waals surface area contributed by atoms with Gasteiger partial charge in [-0.1, -0.05) is 42.6 Å². The van der Waals surface area contributed by atoms with E-state index in [1.165, 1.54) is 22.5 Å². The Morgan fingerprint density at radius 2 is 1.83 bits per heavy atom. The van der Waals surface area contributed by atoms with E-state index in [9.17, 15) is 12.8 Å². The van der Waals surface area contributed by atoms with Crippen molar-refractivity contribution >= 4 is 21.6 Å². The summed E-state index contributed by atoms with van der Waals surface area (Å²) in [5.74, 6) is -0.350. The molecule has 1 saturated heterocycles. The molecule has 1 fully saturated rings. The average molecular weight is 368 g/mol. The summed E-state index contributed by atoms with van der Waals surface area (Å²) in [6.45, 7) is 0.427. The maximum Gasteiger partial charge on any atom is 0.243 e. The first kappa shape index (κ1) is 17.4. The minimum absolute atomic E-state index is 0.179. The molecule has 0 spiro atoms. The van der Waals surface area contributed by atoms with Gasteiger partial charge in [0.05, 0.1) is 10.9 Å². The van der Waals surface area contributed by atoms with Crippen molar-refractivity contribution in [3.8, 4) is 0 Å². The molecular weight excluding hydrogens is 349 g/mol. The summed E-state index contributed by atoms with van der Waals surface area (Å²) in [4.78, 5) is 0.179. The third-order valence-corrected chi connectivity index (χ3v) is 6.48. The zero-order valence-electron chi connectivity index (χ0n) is 13.2. The van der Waals surface area contributed by atoms with E-state index >= 15 is 0 Å². The van der Waals surface area contributed by atoms with Crippen molar-refractivity contribution in [1.29, 1.82) is 0 Å². The van der Waals surface area contributed by atoms with Crippen LogP contribution in [0.25, 0.3) is 0 Å². The van der Waals surface area contributed by atoms with E-state index in [0.717, 1.165) is 19.3 Å². The zero-order valence-corrected chi connectivity index (χ0v) is 14.7. The van der Waals surface area contributed by atoms with Crippen LogP contribution in [0, 0.1) is 5.82 Å². The second kappa shape index (κ2) is 7.21. The number of benzene rings is 2. The molecule has 0 N–H and O–H groups in total. The van der Waals surface area contributed by atoms with Crippen LogP contribution >= 0.6 is 11.6 Å². The number of hydrogen-bond acceptors (Lipinski definition) is 2. The first-order valence-corrected chi connectivity index (χ1v) is 9.83. The zero-order chi connectivity index (χ0) is 17.2. The van der Waals surface area contributed by atoms with Crippen molar-refractivity contribution < 1.29 is 12.8 Å². The molecule has 3 rings (SSSR count). The highest BCUT2D eigenvalue weighted by Crippen LogP contribution is 2.35. The lowest BCUT2D eigenvalue weighted by Crippen LogP contribution is -2.34. The van der Waals surface area contributed by atoms with Gasteiger partial charge in [-0.3, -0.25) is 0 Å². The van der Waals surface area contributed by atoms with Crippen molar-refractivity contribution in [2.24, 2.45) is 0 Å². The van der Waals surface area contributed by atoms with Gasteiger partial charge in [-0.25, -0.2) is 12.8 Å². The van der Waals surface area contributed by atoms with Gasteiger partial charge in [0.15, 0.2) is 0 Å². The van der Waals surface area contributed by atoms with Crippen LogP contribution in [0.3, 0.4) is 0 Å². The topological polar surface area (TPSA) is 37.4 Å². The van der Waals surface area contributed by atoms with Crippen molar-refractivity contribution in [2.45, 2.75) is 36.6 Å². The molecule has 2 aromatic carbocycles. The molecule has 3 nitrogen and oxygen atoms in total. The smallest absolute Gasteiger partial charge is 0.207 e. The third-order valence-electron chi connectivity index (χ3n) is 4.34. The van der Waals surface area contributed by atoms with Crippen molar-refractivity contribution in [3.63, 3.8) is 0 Å². The lowest BCUT2D eigenvalue weighted by molar-refractivity contribution is 0.328. The van der Waals surface area contributed by atoms with Gasteiger partial charge in [-0.2, -0.15) is 4.31 Å². The summed E-state index contributed by atoms with van der Waals surface area (Å²) in [5, 5.41) is 0.383. The van der Waals surface area contributed by atoms with Gasteiger partial charge in [0.2, 0.25) is 10.0 Å². The van der Waals surface area contributed by atoms with Crippen LogP contribution in [0.5, 0.6) is 0 Å². The van der Waals surface area contributed by atoms with E-state index in [-0.39, 0.29) is 16.8 Å². The molecule has 0 amide bonds. The molecule has 0 unspecified atom stereocenters. The summed E-state index contributed by atoms with van der Waals surface area (Å²) in [5.41, 5.74) is 0.697. The maximum absolute atomic E-state index is 13.6. The molecule has 0 aliphatic carbocycles. The second-order valence-electron chi connectivity index (χ2n) is 5.99. The molecule has 1 aliphatic heterocycles. The molecular formula is C18H19ClFNO2S. The molecule has 0 bridgehead atoms. The predicted octanol–water partition coefficient (Wildman–Crippen LogP) is 4.79. The Kier molecular flexibility index (Phi) is 5.23. The van der Waals surface area contributed by atoms with Crippen LogP contribution in [0.1, 0.15) is 37.3 Å². The molecule has 0 aromatic heterocycles. The lowest BCUT2D eigenvalue weighted by atomic mass is 10.0. The summed E-state index contributed by atoms with van der Waals surface area (Å²) in [6, 6.07) is 12.1. The Morgan fingerprint density at radius 1 is 1.04 bits per heavy atom. The van der Waals surface area contributed by atoms with E-state index in [1.807, 2.05) is 0 Å². The number of rotatable bonds is 3. The summed E-state index contributed by atoms with van der Waals surface area (Å²) < 4.78 is 41.4. The molecule has 24 heavy (non-hydrogen) atoms. The Balaban J connectivity index is 2.04. The van der Waals surface area contributed by atoms with E-state index in [1.54, 1.807) is 30.3 Å². The highest BCUT2D eigenvalue weighted by atomic mass is 35.5. The Morgan fingerprint density at radius 3 is 2.58 bits per heavy atom. The Labute approximate surface area is 147 Å².